The molecule has 5 heteroatoms. The number of thiophene rings is 1. The van der Waals surface area contributed by atoms with Crippen LogP contribution in [0.2, 0.25) is 0 Å². The lowest BCUT2D eigenvalue weighted by Crippen LogP contribution is -2.03. The Bertz CT molecular complexity index is 507. The smallest absolute Gasteiger partial charge is 0.179 e. The molecular weight excluding hydrogens is 354 g/mol. The van der Waals surface area contributed by atoms with Gasteiger partial charge in [-0.05, 0) is 55.4 Å². The van der Waals surface area contributed by atoms with Crippen molar-refractivity contribution >= 4 is 49.0 Å². The molecule has 0 aliphatic carbocycles. The maximum absolute atomic E-state index is 11.9. The first kappa shape index (κ1) is 12.0. The number of ketones is 1. The first-order valence-corrected chi connectivity index (χ1v) is 7.00. The third-order valence-electron chi connectivity index (χ3n) is 2.00. The van der Waals surface area contributed by atoms with E-state index in [1.165, 1.54) is 11.3 Å². The van der Waals surface area contributed by atoms with Crippen LogP contribution in [0.3, 0.4) is 0 Å². The highest BCUT2D eigenvalue weighted by Gasteiger charge is 2.12. The normalized spacial score (nSPS) is 10.4. The Kier molecular flexibility index (Phi) is 3.89. The molecule has 2 rings (SSSR count). The van der Waals surface area contributed by atoms with E-state index in [9.17, 15) is 4.79 Å². The maximum atomic E-state index is 11.9. The number of hydrogen-bond donors (Lipinski definition) is 0. The van der Waals surface area contributed by atoms with Gasteiger partial charge in [-0.25, -0.2) is 0 Å². The highest BCUT2D eigenvalue weighted by molar-refractivity contribution is 9.10. The fourth-order valence-electron chi connectivity index (χ4n) is 1.25. The molecule has 0 aliphatic heterocycles. The van der Waals surface area contributed by atoms with Gasteiger partial charge in [-0.1, -0.05) is 0 Å². The summed E-state index contributed by atoms with van der Waals surface area (Å²) in [5, 5.41) is 1.90. The number of Topliss-reactive ketones (excluding diaryl/α,β-unsaturated/α-hetero) is 1. The van der Waals surface area contributed by atoms with Crippen molar-refractivity contribution in [1.82, 2.24) is 4.98 Å². The predicted octanol–water partition coefficient (Wildman–Crippen LogP) is 4.09. The van der Waals surface area contributed by atoms with Crippen LogP contribution in [0.25, 0.3) is 0 Å². The topological polar surface area (TPSA) is 30.0 Å². The summed E-state index contributed by atoms with van der Waals surface area (Å²) in [5.74, 6) is 0.0942. The lowest BCUT2D eigenvalue weighted by Gasteiger charge is -1.99. The SMILES string of the molecule is O=C(Cc1ccc(Br)cn1)c1sccc1Br. The molecule has 2 aromatic rings. The van der Waals surface area contributed by atoms with E-state index in [0.29, 0.717) is 6.42 Å². The third-order valence-corrected chi connectivity index (χ3v) is 4.35. The summed E-state index contributed by atoms with van der Waals surface area (Å²) in [7, 11) is 0. The van der Waals surface area contributed by atoms with Gasteiger partial charge in [-0.2, -0.15) is 0 Å². The van der Waals surface area contributed by atoms with Gasteiger partial charge in [-0.15, -0.1) is 11.3 Å². The summed E-state index contributed by atoms with van der Waals surface area (Å²) < 4.78 is 1.78. The lowest BCUT2D eigenvalue weighted by atomic mass is 10.2. The molecule has 0 bridgehead atoms. The second kappa shape index (κ2) is 5.21. The molecule has 0 fully saturated rings. The zero-order chi connectivity index (χ0) is 11.5. The average Bonchev–Trinajstić information content (AvgIpc) is 2.68. The van der Waals surface area contributed by atoms with Gasteiger partial charge in [-0.3, -0.25) is 9.78 Å². The van der Waals surface area contributed by atoms with Crippen LogP contribution >= 0.6 is 43.2 Å². The van der Waals surface area contributed by atoms with Crippen molar-refractivity contribution in [2.75, 3.05) is 0 Å². The summed E-state index contributed by atoms with van der Waals surface area (Å²) in [5.41, 5.74) is 0.786. The summed E-state index contributed by atoms with van der Waals surface area (Å²) in [6.45, 7) is 0. The van der Waals surface area contributed by atoms with Crippen molar-refractivity contribution < 1.29 is 4.79 Å². The number of aromatic nitrogens is 1. The Morgan fingerprint density at radius 2 is 2.12 bits per heavy atom. The molecule has 0 saturated heterocycles. The average molecular weight is 361 g/mol. The monoisotopic (exact) mass is 359 g/mol. The molecule has 0 aromatic carbocycles. The minimum absolute atomic E-state index is 0.0942. The van der Waals surface area contributed by atoms with E-state index in [1.54, 1.807) is 6.20 Å². The molecular formula is C11H7Br2NOS. The summed E-state index contributed by atoms with van der Waals surface area (Å²) in [4.78, 5) is 16.8. The number of carbonyl (C=O) groups excluding carboxylic acids is 1. The molecule has 2 aromatic heterocycles. The van der Waals surface area contributed by atoms with E-state index in [-0.39, 0.29) is 5.78 Å². The molecule has 16 heavy (non-hydrogen) atoms. The quantitative estimate of drug-likeness (QED) is 0.771. The Balaban J connectivity index is 2.14. The van der Waals surface area contributed by atoms with Crippen LogP contribution in [-0.2, 0) is 6.42 Å². The molecule has 2 heterocycles. The van der Waals surface area contributed by atoms with E-state index in [1.807, 2.05) is 23.6 Å². The molecule has 0 atom stereocenters. The number of hydrogen-bond acceptors (Lipinski definition) is 3. The van der Waals surface area contributed by atoms with Gasteiger partial charge >= 0.3 is 0 Å². The van der Waals surface area contributed by atoms with E-state index in [2.05, 4.69) is 36.8 Å². The van der Waals surface area contributed by atoms with E-state index >= 15 is 0 Å². The van der Waals surface area contributed by atoms with Crippen LogP contribution in [0, 0.1) is 0 Å². The highest BCUT2D eigenvalue weighted by Crippen LogP contribution is 2.24. The van der Waals surface area contributed by atoms with Crippen LogP contribution in [-0.4, -0.2) is 10.8 Å². The Morgan fingerprint density at radius 1 is 1.31 bits per heavy atom. The summed E-state index contributed by atoms with van der Waals surface area (Å²) in [6, 6.07) is 5.62. The van der Waals surface area contributed by atoms with E-state index < -0.39 is 0 Å². The van der Waals surface area contributed by atoms with Crippen molar-refractivity contribution in [2.24, 2.45) is 0 Å². The fraction of sp³-hybridized carbons (Fsp3) is 0.0909. The van der Waals surface area contributed by atoms with Crippen molar-refractivity contribution in [3.63, 3.8) is 0 Å². The van der Waals surface area contributed by atoms with Gasteiger partial charge in [0.15, 0.2) is 5.78 Å². The molecule has 2 nitrogen and oxygen atoms in total. The second-order valence-electron chi connectivity index (χ2n) is 3.17. The Hall–Kier alpha value is -0.520. The van der Waals surface area contributed by atoms with Crippen LogP contribution in [0.5, 0.6) is 0 Å². The van der Waals surface area contributed by atoms with Gasteiger partial charge in [0.25, 0.3) is 0 Å². The van der Waals surface area contributed by atoms with Gasteiger partial charge in [0.2, 0.25) is 0 Å². The number of nitrogens with zero attached hydrogens (tertiary/aromatic N) is 1. The zero-order valence-electron chi connectivity index (χ0n) is 8.11. The first-order chi connectivity index (χ1) is 7.66. The van der Waals surface area contributed by atoms with E-state index in [0.717, 1.165) is 19.5 Å². The van der Waals surface area contributed by atoms with Crippen LogP contribution in [0.4, 0.5) is 0 Å². The number of halogens is 2. The van der Waals surface area contributed by atoms with Crippen LogP contribution in [0.15, 0.2) is 38.7 Å². The van der Waals surface area contributed by atoms with Gasteiger partial charge < -0.3 is 0 Å². The van der Waals surface area contributed by atoms with E-state index in [4.69, 9.17) is 0 Å². The van der Waals surface area contributed by atoms with Crippen molar-refractivity contribution in [2.45, 2.75) is 6.42 Å². The van der Waals surface area contributed by atoms with Crippen LogP contribution < -0.4 is 0 Å². The first-order valence-electron chi connectivity index (χ1n) is 4.53. The Labute approximate surface area is 114 Å². The van der Waals surface area contributed by atoms with Gasteiger partial charge in [0.05, 0.1) is 11.3 Å². The van der Waals surface area contributed by atoms with Crippen molar-refractivity contribution in [1.29, 1.82) is 0 Å². The van der Waals surface area contributed by atoms with Crippen LogP contribution in [0.1, 0.15) is 15.4 Å². The number of carbonyl (C=O) groups is 1. The lowest BCUT2D eigenvalue weighted by molar-refractivity contribution is 0.0995. The molecule has 0 unspecified atom stereocenters. The molecule has 0 aliphatic rings. The largest absolute Gasteiger partial charge is 0.293 e. The Morgan fingerprint density at radius 3 is 2.69 bits per heavy atom. The molecule has 0 radical (unpaired) electrons. The molecule has 0 spiro atoms. The van der Waals surface area contributed by atoms with Crippen molar-refractivity contribution in [3.05, 3.63) is 49.3 Å². The number of rotatable bonds is 3. The van der Waals surface area contributed by atoms with Gasteiger partial charge in [0, 0.05) is 20.8 Å². The maximum Gasteiger partial charge on any atom is 0.179 e. The molecule has 0 N–H and O–H groups in total. The summed E-state index contributed by atoms with van der Waals surface area (Å²) in [6.07, 6.45) is 2.04. The minimum atomic E-state index is 0.0942. The van der Waals surface area contributed by atoms with Crippen molar-refractivity contribution in [3.8, 4) is 0 Å². The summed E-state index contributed by atoms with van der Waals surface area (Å²) >= 11 is 8.11. The highest BCUT2D eigenvalue weighted by atomic mass is 79.9. The molecule has 0 amide bonds. The minimum Gasteiger partial charge on any atom is -0.293 e. The van der Waals surface area contributed by atoms with Gasteiger partial charge in [0.1, 0.15) is 0 Å². The molecule has 0 saturated carbocycles. The molecule has 82 valence electrons. The zero-order valence-corrected chi connectivity index (χ0v) is 12.1. The number of pyridine rings is 1. The third kappa shape index (κ3) is 2.78. The predicted molar refractivity (Wildman–Crippen MR) is 72.0 cm³/mol. The fourth-order valence-corrected chi connectivity index (χ4v) is 3.02. The second-order valence-corrected chi connectivity index (χ2v) is 5.85. The standard InChI is InChI=1S/C11H7Br2NOS/c12-7-1-2-8(14-6-7)5-10(15)11-9(13)3-4-16-11/h1-4,6H,5H2.